The lowest BCUT2D eigenvalue weighted by molar-refractivity contribution is -0.138. The minimum atomic E-state index is -0.998. The van der Waals surface area contributed by atoms with Crippen LogP contribution in [0, 0.1) is 6.92 Å². The molecule has 1 aromatic heterocycles. The van der Waals surface area contributed by atoms with Crippen molar-refractivity contribution in [3.05, 3.63) is 88.5 Å². The Hall–Kier alpha value is -4.11. The number of carbonyl (C=O) groups excluding carboxylic acids is 2. The van der Waals surface area contributed by atoms with Crippen LogP contribution in [0.4, 0.5) is 0 Å². The van der Waals surface area contributed by atoms with Crippen molar-refractivity contribution < 1.29 is 24.2 Å². The van der Waals surface area contributed by atoms with Gasteiger partial charge in [-0.15, -0.1) is 0 Å². The van der Waals surface area contributed by atoms with E-state index in [0.717, 1.165) is 23.0 Å². The molecule has 0 aliphatic carbocycles. The monoisotopic (exact) mass is 462 g/mol. The third-order valence-corrected chi connectivity index (χ3v) is 5.21. The van der Waals surface area contributed by atoms with Crippen LogP contribution in [0.2, 0.25) is 0 Å². The van der Waals surface area contributed by atoms with Gasteiger partial charge in [-0.2, -0.15) is 0 Å². The quantitative estimate of drug-likeness (QED) is 0.417. The highest BCUT2D eigenvalue weighted by Gasteiger charge is 2.18. The number of hydrogen-bond acceptors (Lipinski definition) is 7. The van der Waals surface area contributed by atoms with Gasteiger partial charge in [0.1, 0.15) is 24.1 Å². The van der Waals surface area contributed by atoms with Crippen LogP contribution in [-0.2, 0) is 24.4 Å². The van der Waals surface area contributed by atoms with Gasteiger partial charge in [-0.25, -0.2) is 9.97 Å². The molecule has 0 aliphatic rings. The van der Waals surface area contributed by atoms with Gasteiger partial charge in [-0.05, 0) is 35.7 Å². The molecule has 2 aromatic carbocycles. The molecule has 0 radical (unpaired) electrons. The van der Waals surface area contributed by atoms with Crippen molar-refractivity contribution in [2.75, 3.05) is 13.7 Å². The van der Waals surface area contributed by atoms with Gasteiger partial charge in [-0.1, -0.05) is 30.3 Å². The van der Waals surface area contributed by atoms with Crippen LogP contribution < -0.4 is 10.1 Å². The zero-order valence-electron chi connectivity index (χ0n) is 19.0. The molecule has 0 saturated heterocycles. The lowest BCUT2D eigenvalue weighted by Gasteiger charge is -2.21. The van der Waals surface area contributed by atoms with E-state index in [1.807, 2.05) is 37.3 Å². The normalized spacial score (nSPS) is 10.7. The third kappa shape index (κ3) is 6.69. The van der Waals surface area contributed by atoms with Crippen LogP contribution in [-0.4, -0.2) is 51.8 Å². The van der Waals surface area contributed by atoms with Crippen LogP contribution in [0.25, 0.3) is 0 Å². The number of methoxy groups -OCH3 is 1. The summed E-state index contributed by atoms with van der Waals surface area (Å²) in [5.74, 6) is -0.695. The second-order valence-corrected chi connectivity index (χ2v) is 7.78. The summed E-state index contributed by atoms with van der Waals surface area (Å²) >= 11 is 0. The standard InChI is InChI=1S/C25H26N4O5/c1-17-8-19(6-7-20(17)15-30)12-29(14-23(31)32)13-21-11-26-16-28-24(21)25(33)27-10-18-4-3-5-22(9-18)34-2/h3-9,11,15-16H,10,12-14H2,1-2H3,(H,27,33)(H,31,32). The topological polar surface area (TPSA) is 122 Å². The van der Waals surface area contributed by atoms with Gasteiger partial charge in [0.25, 0.3) is 5.91 Å². The Kier molecular flexibility index (Phi) is 8.42. The molecule has 9 heteroatoms. The molecule has 2 N–H and O–H groups in total. The summed E-state index contributed by atoms with van der Waals surface area (Å²) in [7, 11) is 1.58. The highest BCUT2D eigenvalue weighted by molar-refractivity contribution is 5.93. The van der Waals surface area contributed by atoms with Crippen molar-refractivity contribution in [1.82, 2.24) is 20.2 Å². The average molecular weight is 463 g/mol. The number of carboxylic acid groups (broad SMARTS) is 1. The molecule has 34 heavy (non-hydrogen) atoms. The van der Waals surface area contributed by atoms with E-state index in [0.29, 0.717) is 23.4 Å². The summed E-state index contributed by atoms with van der Waals surface area (Å²) < 4.78 is 5.21. The van der Waals surface area contributed by atoms with Crippen molar-refractivity contribution in [3.8, 4) is 5.75 Å². The molecule has 0 unspecified atom stereocenters. The molecular formula is C25H26N4O5. The second kappa shape index (κ2) is 11.7. The molecule has 0 aliphatic heterocycles. The molecule has 1 heterocycles. The molecule has 0 atom stereocenters. The Balaban J connectivity index is 1.75. The average Bonchev–Trinajstić information content (AvgIpc) is 2.82. The number of aryl methyl sites for hydroxylation is 1. The molecule has 0 spiro atoms. The van der Waals surface area contributed by atoms with E-state index in [4.69, 9.17) is 4.74 Å². The number of rotatable bonds is 11. The number of amides is 1. The van der Waals surface area contributed by atoms with Gasteiger partial charge in [0, 0.05) is 37.0 Å². The van der Waals surface area contributed by atoms with Gasteiger partial charge in [-0.3, -0.25) is 19.3 Å². The number of aliphatic carboxylic acids is 1. The fraction of sp³-hybridized carbons (Fsp3) is 0.240. The molecular weight excluding hydrogens is 436 g/mol. The number of carboxylic acids is 1. The highest BCUT2D eigenvalue weighted by atomic mass is 16.5. The number of nitrogens with zero attached hydrogens (tertiary/aromatic N) is 3. The Bertz CT molecular complexity index is 1180. The lowest BCUT2D eigenvalue weighted by Crippen LogP contribution is -2.31. The highest BCUT2D eigenvalue weighted by Crippen LogP contribution is 2.16. The van der Waals surface area contributed by atoms with Crippen LogP contribution in [0.15, 0.2) is 55.0 Å². The summed E-state index contributed by atoms with van der Waals surface area (Å²) in [6.07, 6.45) is 3.59. The first kappa shape index (κ1) is 24.5. The van der Waals surface area contributed by atoms with Gasteiger partial charge in [0.2, 0.25) is 0 Å². The predicted molar refractivity (Wildman–Crippen MR) is 125 cm³/mol. The van der Waals surface area contributed by atoms with E-state index in [1.165, 1.54) is 12.5 Å². The van der Waals surface area contributed by atoms with Gasteiger partial charge in [0.05, 0.1) is 13.7 Å². The first-order chi connectivity index (χ1) is 16.4. The van der Waals surface area contributed by atoms with Gasteiger partial charge < -0.3 is 15.2 Å². The second-order valence-electron chi connectivity index (χ2n) is 7.78. The number of benzene rings is 2. The van der Waals surface area contributed by atoms with Crippen LogP contribution in [0.5, 0.6) is 5.75 Å². The maximum atomic E-state index is 12.9. The summed E-state index contributed by atoms with van der Waals surface area (Å²) in [6.45, 7) is 2.33. The molecule has 3 rings (SSSR count). The van der Waals surface area contributed by atoms with Gasteiger partial charge in [0.15, 0.2) is 0 Å². The maximum Gasteiger partial charge on any atom is 0.317 e. The van der Waals surface area contributed by atoms with Crippen LogP contribution in [0.1, 0.15) is 43.1 Å². The van der Waals surface area contributed by atoms with Crippen molar-refractivity contribution >= 4 is 18.2 Å². The lowest BCUT2D eigenvalue weighted by atomic mass is 10.1. The van der Waals surface area contributed by atoms with E-state index < -0.39 is 5.97 Å². The van der Waals surface area contributed by atoms with E-state index in [9.17, 15) is 19.5 Å². The molecule has 176 valence electrons. The fourth-order valence-corrected chi connectivity index (χ4v) is 3.55. The summed E-state index contributed by atoms with van der Waals surface area (Å²) in [4.78, 5) is 45.3. The van der Waals surface area contributed by atoms with Crippen LogP contribution in [0.3, 0.4) is 0 Å². The zero-order valence-corrected chi connectivity index (χ0v) is 19.0. The molecule has 3 aromatic rings. The molecule has 0 bridgehead atoms. The zero-order chi connectivity index (χ0) is 24.5. The van der Waals surface area contributed by atoms with Gasteiger partial charge >= 0.3 is 5.97 Å². The van der Waals surface area contributed by atoms with E-state index >= 15 is 0 Å². The smallest absolute Gasteiger partial charge is 0.317 e. The largest absolute Gasteiger partial charge is 0.497 e. The Labute approximate surface area is 197 Å². The number of aldehydes is 1. The van der Waals surface area contributed by atoms with E-state index in [1.54, 1.807) is 24.1 Å². The van der Waals surface area contributed by atoms with E-state index in [2.05, 4.69) is 15.3 Å². The summed E-state index contributed by atoms with van der Waals surface area (Å²) in [5.41, 5.74) is 3.80. The molecule has 1 amide bonds. The summed E-state index contributed by atoms with van der Waals surface area (Å²) in [5, 5.41) is 12.2. The molecule has 9 nitrogen and oxygen atoms in total. The number of aromatic nitrogens is 2. The van der Waals surface area contributed by atoms with Crippen molar-refractivity contribution in [1.29, 1.82) is 0 Å². The predicted octanol–water partition coefficient (Wildman–Crippen LogP) is 2.62. The maximum absolute atomic E-state index is 12.9. The SMILES string of the molecule is COc1cccc(CNC(=O)c2ncncc2CN(CC(=O)O)Cc2ccc(C=O)c(C)c2)c1. The first-order valence-corrected chi connectivity index (χ1v) is 10.6. The minimum Gasteiger partial charge on any atom is -0.497 e. The van der Waals surface area contributed by atoms with Crippen molar-refractivity contribution in [3.63, 3.8) is 0 Å². The number of carbonyl (C=O) groups is 3. The third-order valence-electron chi connectivity index (χ3n) is 5.21. The molecule has 0 fully saturated rings. The number of ether oxygens (including phenoxy) is 1. The Morgan fingerprint density at radius 2 is 1.97 bits per heavy atom. The Morgan fingerprint density at radius 3 is 2.68 bits per heavy atom. The van der Waals surface area contributed by atoms with Crippen molar-refractivity contribution in [2.24, 2.45) is 0 Å². The number of nitrogens with one attached hydrogen (secondary N) is 1. The molecule has 0 saturated carbocycles. The van der Waals surface area contributed by atoms with Crippen molar-refractivity contribution in [2.45, 2.75) is 26.6 Å². The fourth-order valence-electron chi connectivity index (χ4n) is 3.55. The first-order valence-electron chi connectivity index (χ1n) is 10.6. The minimum absolute atomic E-state index is 0.156. The summed E-state index contributed by atoms with van der Waals surface area (Å²) in [6, 6.07) is 12.7. The van der Waals surface area contributed by atoms with E-state index in [-0.39, 0.29) is 31.2 Å². The Morgan fingerprint density at radius 1 is 1.15 bits per heavy atom. The van der Waals surface area contributed by atoms with Crippen LogP contribution >= 0.6 is 0 Å². The number of hydrogen-bond donors (Lipinski definition) is 2.